The standard InChI is InChI=1S/C10H17NO3/c1-5-7-11(8(3)12)9(6-2)10(13)14-4/h5,9H,1,6-7H2,2-4H3. The number of hydrogen-bond donors (Lipinski definition) is 0. The van der Waals surface area contributed by atoms with E-state index in [1.807, 2.05) is 6.92 Å². The molecule has 0 aliphatic carbocycles. The largest absolute Gasteiger partial charge is 0.467 e. The minimum absolute atomic E-state index is 0.151. The smallest absolute Gasteiger partial charge is 0.328 e. The van der Waals surface area contributed by atoms with Gasteiger partial charge in [-0.25, -0.2) is 4.79 Å². The SMILES string of the molecule is C=CCN(C(C)=O)C(CC)C(=O)OC. The van der Waals surface area contributed by atoms with E-state index in [-0.39, 0.29) is 11.9 Å². The summed E-state index contributed by atoms with van der Waals surface area (Å²) in [6, 6.07) is -0.504. The second kappa shape index (κ2) is 6.18. The van der Waals surface area contributed by atoms with Crippen LogP contribution in [0.1, 0.15) is 20.3 Å². The van der Waals surface area contributed by atoms with Crippen molar-refractivity contribution in [1.29, 1.82) is 0 Å². The van der Waals surface area contributed by atoms with Gasteiger partial charge in [0.2, 0.25) is 5.91 Å². The number of rotatable bonds is 5. The summed E-state index contributed by atoms with van der Waals surface area (Å²) < 4.78 is 4.61. The molecule has 4 nitrogen and oxygen atoms in total. The lowest BCUT2D eigenvalue weighted by molar-refractivity contribution is -0.151. The van der Waals surface area contributed by atoms with E-state index >= 15 is 0 Å². The van der Waals surface area contributed by atoms with Gasteiger partial charge in [-0.15, -0.1) is 6.58 Å². The Hall–Kier alpha value is -1.32. The molecule has 0 aromatic heterocycles. The molecule has 0 heterocycles. The van der Waals surface area contributed by atoms with Crippen LogP contribution < -0.4 is 0 Å². The predicted molar refractivity (Wildman–Crippen MR) is 53.7 cm³/mol. The van der Waals surface area contributed by atoms with Gasteiger partial charge < -0.3 is 9.64 Å². The number of carbonyl (C=O) groups is 2. The van der Waals surface area contributed by atoms with Crippen LogP contribution in [0.5, 0.6) is 0 Å². The molecule has 0 aromatic rings. The molecule has 80 valence electrons. The first-order valence-electron chi connectivity index (χ1n) is 4.54. The second-order valence-corrected chi connectivity index (χ2v) is 2.91. The minimum atomic E-state index is -0.504. The van der Waals surface area contributed by atoms with Gasteiger partial charge in [0.05, 0.1) is 7.11 Å². The molecule has 0 N–H and O–H groups in total. The lowest BCUT2D eigenvalue weighted by Gasteiger charge is -2.26. The Balaban J connectivity index is 4.65. The van der Waals surface area contributed by atoms with Crippen LogP contribution in [0.2, 0.25) is 0 Å². The molecule has 1 unspecified atom stereocenters. The fourth-order valence-corrected chi connectivity index (χ4v) is 1.26. The van der Waals surface area contributed by atoms with Crippen molar-refractivity contribution in [3.8, 4) is 0 Å². The van der Waals surface area contributed by atoms with Crippen LogP contribution >= 0.6 is 0 Å². The van der Waals surface area contributed by atoms with Crippen LogP contribution in [0.4, 0.5) is 0 Å². The number of nitrogens with zero attached hydrogens (tertiary/aromatic N) is 1. The molecule has 0 saturated carbocycles. The van der Waals surface area contributed by atoms with Gasteiger partial charge in [0, 0.05) is 13.5 Å². The third-order valence-electron chi connectivity index (χ3n) is 1.97. The summed E-state index contributed by atoms with van der Waals surface area (Å²) in [5.74, 6) is -0.535. The van der Waals surface area contributed by atoms with E-state index in [2.05, 4.69) is 11.3 Å². The van der Waals surface area contributed by atoms with Crippen LogP contribution in [0.15, 0.2) is 12.7 Å². The predicted octanol–water partition coefficient (Wildman–Crippen LogP) is 0.972. The summed E-state index contributed by atoms with van der Waals surface area (Å²) in [5.41, 5.74) is 0. The molecule has 0 fully saturated rings. The summed E-state index contributed by atoms with van der Waals surface area (Å²) in [6.45, 7) is 7.16. The van der Waals surface area contributed by atoms with Gasteiger partial charge >= 0.3 is 5.97 Å². The van der Waals surface area contributed by atoms with Crippen LogP contribution in [0, 0.1) is 0 Å². The fraction of sp³-hybridized carbons (Fsp3) is 0.600. The van der Waals surface area contributed by atoms with E-state index in [1.54, 1.807) is 6.08 Å². The monoisotopic (exact) mass is 199 g/mol. The molecule has 0 aliphatic heterocycles. The van der Waals surface area contributed by atoms with Gasteiger partial charge in [-0.1, -0.05) is 13.0 Å². The van der Waals surface area contributed by atoms with E-state index in [1.165, 1.54) is 18.9 Å². The maximum Gasteiger partial charge on any atom is 0.328 e. The highest BCUT2D eigenvalue weighted by Gasteiger charge is 2.25. The third kappa shape index (κ3) is 3.20. The molecule has 0 rings (SSSR count). The third-order valence-corrected chi connectivity index (χ3v) is 1.97. The molecular weight excluding hydrogens is 182 g/mol. The lowest BCUT2D eigenvalue weighted by atomic mass is 10.2. The van der Waals surface area contributed by atoms with E-state index in [9.17, 15) is 9.59 Å². The van der Waals surface area contributed by atoms with Crippen molar-refractivity contribution in [3.05, 3.63) is 12.7 Å². The van der Waals surface area contributed by atoms with Crippen molar-refractivity contribution in [2.45, 2.75) is 26.3 Å². The quantitative estimate of drug-likeness (QED) is 0.489. The number of hydrogen-bond acceptors (Lipinski definition) is 3. The summed E-state index contributed by atoms with van der Waals surface area (Å²) in [6.07, 6.45) is 2.13. The lowest BCUT2D eigenvalue weighted by Crippen LogP contribution is -2.44. The molecule has 0 aromatic carbocycles. The van der Waals surface area contributed by atoms with Gasteiger partial charge in [-0.2, -0.15) is 0 Å². The Morgan fingerprint density at radius 2 is 2.14 bits per heavy atom. The van der Waals surface area contributed by atoms with Gasteiger partial charge in [-0.3, -0.25) is 4.79 Å². The Morgan fingerprint density at radius 1 is 1.57 bits per heavy atom. The molecular formula is C10H17NO3. The van der Waals surface area contributed by atoms with Gasteiger partial charge in [0.25, 0.3) is 0 Å². The highest BCUT2D eigenvalue weighted by atomic mass is 16.5. The molecule has 0 aliphatic rings. The topological polar surface area (TPSA) is 46.6 Å². The zero-order valence-corrected chi connectivity index (χ0v) is 8.95. The van der Waals surface area contributed by atoms with Gasteiger partial charge in [0.1, 0.15) is 6.04 Å². The van der Waals surface area contributed by atoms with Crippen LogP contribution in [0.3, 0.4) is 0 Å². The average Bonchev–Trinajstić information content (AvgIpc) is 2.16. The van der Waals surface area contributed by atoms with Crippen LogP contribution in [0.25, 0.3) is 0 Å². The second-order valence-electron chi connectivity index (χ2n) is 2.91. The zero-order chi connectivity index (χ0) is 11.1. The number of ether oxygens (including phenoxy) is 1. The van der Waals surface area contributed by atoms with Gasteiger partial charge in [-0.05, 0) is 6.42 Å². The number of methoxy groups -OCH3 is 1. The van der Waals surface area contributed by atoms with E-state index in [0.717, 1.165) is 0 Å². The van der Waals surface area contributed by atoms with Crippen molar-refractivity contribution >= 4 is 11.9 Å². The van der Waals surface area contributed by atoms with Crippen molar-refractivity contribution in [2.75, 3.05) is 13.7 Å². The highest BCUT2D eigenvalue weighted by Crippen LogP contribution is 2.06. The normalized spacial score (nSPS) is 11.6. The number of amides is 1. The first-order chi connectivity index (χ1) is 6.58. The first kappa shape index (κ1) is 12.7. The minimum Gasteiger partial charge on any atom is -0.467 e. The summed E-state index contributed by atoms with van der Waals surface area (Å²) in [7, 11) is 1.32. The first-order valence-corrected chi connectivity index (χ1v) is 4.54. The molecule has 1 atom stereocenters. The summed E-state index contributed by atoms with van der Waals surface area (Å²) >= 11 is 0. The summed E-state index contributed by atoms with van der Waals surface area (Å²) in [4.78, 5) is 24.0. The van der Waals surface area contributed by atoms with E-state index in [4.69, 9.17) is 0 Å². The molecule has 1 amide bonds. The molecule has 4 heteroatoms. The molecule has 0 radical (unpaired) electrons. The molecule has 0 spiro atoms. The van der Waals surface area contributed by atoms with Crippen LogP contribution in [-0.4, -0.2) is 36.5 Å². The van der Waals surface area contributed by atoms with Crippen molar-refractivity contribution in [1.82, 2.24) is 4.90 Å². The summed E-state index contributed by atoms with van der Waals surface area (Å²) in [5, 5.41) is 0. The Bertz CT molecular complexity index is 225. The number of esters is 1. The van der Waals surface area contributed by atoms with E-state index < -0.39 is 6.04 Å². The highest BCUT2D eigenvalue weighted by molar-refractivity contribution is 5.83. The Kier molecular flexibility index (Phi) is 5.60. The average molecular weight is 199 g/mol. The maximum atomic E-state index is 11.3. The maximum absolute atomic E-state index is 11.3. The van der Waals surface area contributed by atoms with Crippen LogP contribution in [-0.2, 0) is 14.3 Å². The Morgan fingerprint density at radius 3 is 2.43 bits per heavy atom. The molecule has 0 saturated heterocycles. The fourth-order valence-electron chi connectivity index (χ4n) is 1.26. The van der Waals surface area contributed by atoms with Crippen molar-refractivity contribution in [2.24, 2.45) is 0 Å². The van der Waals surface area contributed by atoms with Crippen molar-refractivity contribution in [3.63, 3.8) is 0 Å². The van der Waals surface area contributed by atoms with E-state index in [0.29, 0.717) is 13.0 Å². The van der Waals surface area contributed by atoms with Crippen molar-refractivity contribution < 1.29 is 14.3 Å². The van der Waals surface area contributed by atoms with Gasteiger partial charge in [0.15, 0.2) is 0 Å². The Labute approximate surface area is 84.5 Å². The number of carbonyl (C=O) groups excluding carboxylic acids is 2. The zero-order valence-electron chi connectivity index (χ0n) is 8.95. The molecule has 0 bridgehead atoms. The molecule has 14 heavy (non-hydrogen) atoms.